The Kier molecular flexibility index (Phi) is 4.83. The molecule has 0 radical (unpaired) electrons. The Labute approximate surface area is 81.0 Å². The zero-order valence-corrected chi connectivity index (χ0v) is 8.48. The smallest absolute Gasteiger partial charge is 0.397 e. The lowest BCUT2D eigenvalue weighted by atomic mass is 10.5. The molecular weight excluding hydrogens is 194 g/mol. The number of hydrogen-bond acceptors (Lipinski definition) is 3. The summed E-state index contributed by atoms with van der Waals surface area (Å²) in [6.45, 7) is 4.79. The number of allylic oxidation sites excluding steroid dienone is 4. The van der Waals surface area contributed by atoms with Crippen LogP contribution in [0.4, 0.5) is 13.6 Å². The van der Waals surface area contributed by atoms with Gasteiger partial charge in [0.2, 0.25) is 0 Å². The number of halogens is 2. The third-order valence-electron chi connectivity index (χ3n) is 1.44. The van der Waals surface area contributed by atoms with E-state index in [1.165, 1.54) is 13.8 Å². The molecule has 0 rings (SSSR count). The first-order valence-corrected chi connectivity index (χ1v) is 3.90. The van der Waals surface area contributed by atoms with Crippen LogP contribution in [-0.4, -0.2) is 6.16 Å². The SMILES string of the molecule is CC(F)=C(C)OC(=O)OC(C)=C(C)F. The summed E-state index contributed by atoms with van der Waals surface area (Å²) in [5.41, 5.74) is 0. The standard InChI is InChI=1S/C9H12F2O3/c1-5(10)7(3)13-9(12)14-8(4)6(2)11/h1-4H3. The topological polar surface area (TPSA) is 35.5 Å². The van der Waals surface area contributed by atoms with Gasteiger partial charge in [0.25, 0.3) is 0 Å². The van der Waals surface area contributed by atoms with Gasteiger partial charge in [-0.3, -0.25) is 0 Å². The highest BCUT2D eigenvalue weighted by molar-refractivity contribution is 5.62. The van der Waals surface area contributed by atoms with E-state index in [0.29, 0.717) is 0 Å². The molecule has 0 atom stereocenters. The van der Waals surface area contributed by atoms with Crippen molar-refractivity contribution in [2.24, 2.45) is 0 Å². The highest BCUT2D eigenvalue weighted by atomic mass is 19.1. The lowest BCUT2D eigenvalue weighted by Crippen LogP contribution is -2.05. The summed E-state index contributed by atoms with van der Waals surface area (Å²) >= 11 is 0. The van der Waals surface area contributed by atoms with Gasteiger partial charge < -0.3 is 9.47 Å². The largest absolute Gasteiger partial charge is 0.518 e. The summed E-state index contributed by atoms with van der Waals surface area (Å²) in [4.78, 5) is 10.8. The summed E-state index contributed by atoms with van der Waals surface area (Å²) in [5.74, 6) is -1.69. The maximum Gasteiger partial charge on any atom is 0.518 e. The van der Waals surface area contributed by atoms with Gasteiger partial charge in [0, 0.05) is 0 Å². The quantitative estimate of drug-likeness (QED) is 0.511. The van der Waals surface area contributed by atoms with Crippen molar-refractivity contribution in [1.29, 1.82) is 0 Å². The molecule has 80 valence electrons. The minimum Gasteiger partial charge on any atom is -0.397 e. The average molecular weight is 206 g/mol. The van der Waals surface area contributed by atoms with Crippen molar-refractivity contribution < 1.29 is 23.0 Å². The third kappa shape index (κ3) is 4.59. The van der Waals surface area contributed by atoms with Crippen LogP contribution in [0.25, 0.3) is 0 Å². The lowest BCUT2D eigenvalue weighted by Gasteiger charge is -2.05. The molecule has 0 aromatic carbocycles. The molecule has 0 aromatic rings. The van der Waals surface area contributed by atoms with Crippen LogP contribution in [0.3, 0.4) is 0 Å². The van der Waals surface area contributed by atoms with Crippen LogP contribution in [0.1, 0.15) is 27.7 Å². The van der Waals surface area contributed by atoms with Crippen LogP contribution in [0.15, 0.2) is 23.2 Å². The fraction of sp³-hybridized carbons (Fsp3) is 0.444. The van der Waals surface area contributed by atoms with E-state index in [9.17, 15) is 13.6 Å². The molecule has 0 amide bonds. The molecule has 0 unspecified atom stereocenters. The second-order valence-electron chi connectivity index (χ2n) is 2.63. The van der Waals surface area contributed by atoms with Crippen LogP contribution in [-0.2, 0) is 9.47 Å². The number of carbonyl (C=O) groups excluding carboxylic acids is 1. The molecule has 0 aliphatic carbocycles. The predicted octanol–water partition coefficient (Wildman–Crippen LogP) is 3.58. The Morgan fingerprint density at radius 1 is 0.857 bits per heavy atom. The number of ether oxygens (including phenoxy) is 2. The number of hydrogen-bond donors (Lipinski definition) is 0. The molecule has 0 N–H and O–H groups in total. The first-order chi connectivity index (χ1) is 6.34. The van der Waals surface area contributed by atoms with E-state index >= 15 is 0 Å². The zero-order chi connectivity index (χ0) is 11.3. The average Bonchev–Trinajstić information content (AvgIpc) is 2.03. The molecular formula is C9H12F2O3. The molecule has 0 saturated heterocycles. The Bertz CT molecular complexity index is 256. The molecule has 0 saturated carbocycles. The molecule has 0 aliphatic heterocycles. The van der Waals surface area contributed by atoms with Crippen molar-refractivity contribution >= 4 is 6.16 Å². The fourth-order valence-corrected chi connectivity index (χ4v) is 0.411. The van der Waals surface area contributed by atoms with E-state index in [4.69, 9.17) is 0 Å². The second kappa shape index (κ2) is 5.36. The monoisotopic (exact) mass is 206 g/mol. The van der Waals surface area contributed by atoms with Crippen molar-refractivity contribution in [2.45, 2.75) is 27.7 Å². The maximum atomic E-state index is 12.4. The molecule has 0 aliphatic rings. The Morgan fingerprint density at radius 2 is 1.14 bits per heavy atom. The summed E-state index contributed by atoms with van der Waals surface area (Å²) in [7, 11) is 0. The molecule has 14 heavy (non-hydrogen) atoms. The minimum absolute atomic E-state index is 0.209. The van der Waals surface area contributed by atoms with Gasteiger partial charge in [0.15, 0.2) is 0 Å². The lowest BCUT2D eigenvalue weighted by molar-refractivity contribution is 0.0980. The minimum atomic E-state index is -1.16. The molecule has 0 fully saturated rings. The summed E-state index contributed by atoms with van der Waals surface area (Å²) in [5, 5.41) is 0. The highest BCUT2D eigenvalue weighted by Crippen LogP contribution is 2.11. The van der Waals surface area contributed by atoms with Gasteiger partial charge in [-0.15, -0.1) is 0 Å². The molecule has 0 spiro atoms. The second-order valence-corrected chi connectivity index (χ2v) is 2.63. The van der Waals surface area contributed by atoms with E-state index in [0.717, 1.165) is 13.8 Å². The molecule has 0 bridgehead atoms. The summed E-state index contributed by atoms with van der Waals surface area (Å²) < 4.78 is 33.6. The summed E-state index contributed by atoms with van der Waals surface area (Å²) in [6, 6.07) is 0. The molecule has 0 heterocycles. The predicted molar refractivity (Wildman–Crippen MR) is 46.5 cm³/mol. The van der Waals surface area contributed by atoms with E-state index < -0.39 is 17.8 Å². The van der Waals surface area contributed by atoms with Gasteiger partial charge in [-0.25, -0.2) is 13.6 Å². The van der Waals surface area contributed by atoms with Gasteiger partial charge in [-0.1, -0.05) is 0 Å². The molecule has 0 aromatic heterocycles. The van der Waals surface area contributed by atoms with Crippen molar-refractivity contribution in [2.75, 3.05) is 0 Å². The van der Waals surface area contributed by atoms with Gasteiger partial charge >= 0.3 is 6.16 Å². The zero-order valence-electron chi connectivity index (χ0n) is 8.48. The van der Waals surface area contributed by atoms with E-state index in [2.05, 4.69) is 9.47 Å². The van der Waals surface area contributed by atoms with Crippen LogP contribution in [0.2, 0.25) is 0 Å². The Morgan fingerprint density at radius 3 is 1.36 bits per heavy atom. The summed E-state index contributed by atoms with van der Waals surface area (Å²) in [6.07, 6.45) is -1.16. The van der Waals surface area contributed by atoms with Gasteiger partial charge in [-0.2, -0.15) is 0 Å². The van der Waals surface area contributed by atoms with Gasteiger partial charge in [0.1, 0.15) is 23.2 Å². The van der Waals surface area contributed by atoms with E-state index in [1.807, 2.05) is 0 Å². The van der Waals surface area contributed by atoms with Crippen molar-refractivity contribution in [1.82, 2.24) is 0 Å². The maximum absolute atomic E-state index is 12.4. The van der Waals surface area contributed by atoms with E-state index in [1.54, 1.807) is 0 Å². The van der Waals surface area contributed by atoms with Crippen LogP contribution in [0.5, 0.6) is 0 Å². The van der Waals surface area contributed by atoms with Crippen molar-refractivity contribution in [3.05, 3.63) is 23.2 Å². The van der Waals surface area contributed by atoms with Crippen LogP contribution < -0.4 is 0 Å². The van der Waals surface area contributed by atoms with E-state index in [-0.39, 0.29) is 11.5 Å². The van der Waals surface area contributed by atoms with Gasteiger partial charge in [0.05, 0.1) is 0 Å². The third-order valence-corrected chi connectivity index (χ3v) is 1.44. The number of rotatable bonds is 2. The Balaban J connectivity index is 4.28. The molecule has 5 heteroatoms. The normalized spacial score (nSPS) is 14.1. The van der Waals surface area contributed by atoms with Crippen LogP contribution in [0, 0.1) is 0 Å². The number of carbonyl (C=O) groups is 1. The van der Waals surface area contributed by atoms with Crippen molar-refractivity contribution in [3.8, 4) is 0 Å². The van der Waals surface area contributed by atoms with Crippen LogP contribution >= 0.6 is 0 Å². The highest BCUT2D eigenvalue weighted by Gasteiger charge is 2.10. The first-order valence-electron chi connectivity index (χ1n) is 3.90. The van der Waals surface area contributed by atoms with Crippen molar-refractivity contribution in [3.63, 3.8) is 0 Å². The van der Waals surface area contributed by atoms with Gasteiger partial charge in [-0.05, 0) is 27.7 Å². The fourth-order valence-electron chi connectivity index (χ4n) is 0.411. The first kappa shape index (κ1) is 12.6. The Hall–Kier alpha value is -1.39. The molecule has 3 nitrogen and oxygen atoms in total.